The maximum Gasteiger partial charge on any atom is 0.223 e. The molecule has 0 aromatic carbocycles. The summed E-state index contributed by atoms with van der Waals surface area (Å²) in [6.07, 6.45) is 0. The minimum absolute atomic E-state index is 0.302. The lowest BCUT2D eigenvalue weighted by molar-refractivity contribution is 0.385. The van der Waals surface area contributed by atoms with E-state index in [-0.39, 0.29) is 6.04 Å². The van der Waals surface area contributed by atoms with E-state index < -0.39 is 0 Å². The summed E-state index contributed by atoms with van der Waals surface area (Å²) in [6.45, 7) is 1.74. The fraction of sp³-hybridized carbons (Fsp3) is 0.250. The Morgan fingerprint density at radius 1 is 1.64 bits per heavy atom. The third kappa shape index (κ3) is 1.87. The van der Waals surface area contributed by atoms with Crippen molar-refractivity contribution in [2.24, 2.45) is 5.73 Å². The van der Waals surface area contributed by atoms with Crippen LogP contribution in [0.5, 0.6) is 0 Å². The third-order valence-corrected chi connectivity index (χ3v) is 3.49. The molecule has 4 nitrogen and oxygen atoms in total. The molecule has 14 heavy (non-hydrogen) atoms. The zero-order valence-corrected chi connectivity index (χ0v) is 9.80. The molecule has 2 aromatic heterocycles. The Kier molecular flexibility index (Phi) is 2.66. The summed E-state index contributed by atoms with van der Waals surface area (Å²) in [5, 5.41) is 5.76. The fourth-order valence-corrected chi connectivity index (χ4v) is 2.50. The molecule has 0 saturated carbocycles. The Hall–Kier alpha value is -0.720. The topological polar surface area (TPSA) is 64.9 Å². The Labute approximate surface area is 93.3 Å². The summed E-state index contributed by atoms with van der Waals surface area (Å²) in [7, 11) is 0. The average molecular weight is 274 g/mol. The summed E-state index contributed by atoms with van der Waals surface area (Å²) in [4.78, 5) is 5.10. The molecule has 1 unspecified atom stereocenters. The van der Waals surface area contributed by atoms with Gasteiger partial charge >= 0.3 is 0 Å². The van der Waals surface area contributed by atoms with Crippen molar-refractivity contribution in [3.8, 4) is 0 Å². The second-order valence-corrected chi connectivity index (χ2v) is 4.68. The first kappa shape index (κ1) is 9.82. The first-order valence-electron chi connectivity index (χ1n) is 3.96. The lowest BCUT2D eigenvalue weighted by atomic mass is 10.2. The number of aromatic nitrogens is 2. The molecule has 0 saturated heterocycles. The largest absolute Gasteiger partial charge is 0.340 e. The second-order valence-electron chi connectivity index (χ2n) is 2.82. The van der Waals surface area contributed by atoms with Crippen LogP contribution < -0.4 is 5.73 Å². The average Bonchev–Trinajstić information content (AvgIpc) is 2.73. The number of aryl methyl sites for hydroxylation is 1. The van der Waals surface area contributed by atoms with Gasteiger partial charge in [-0.15, -0.1) is 11.3 Å². The van der Waals surface area contributed by atoms with E-state index >= 15 is 0 Å². The molecule has 0 bridgehead atoms. The maximum absolute atomic E-state index is 5.95. The van der Waals surface area contributed by atoms with E-state index in [1.807, 2.05) is 11.4 Å². The standard InChI is InChI=1S/C8H8BrN3OS/c1-4-11-8(12-13-4)7(10)6-2-5(9)3-14-6/h2-3,7H,10H2,1H3. The van der Waals surface area contributed by atoms with Crippen LogP contribution in [-0.2, 0) is 0 Å². The highest BCUT2D eigenvalue weighted by molar-refractivity contribution is 9.10. The van der Waals surface area contributed by atoms with E-state index in [1.165, 1.54) is 0 Å². The van der Waals surface area contributed by atoms with Crippen LogP contribution in [0.4, 0.5) is 0 Å². The number of thiophene rings is 1. The van der Waals surface area contributed by atoms with Crippen LogP contribution in [0.25, 0.3) is 0 Å². The highest BCUT2D eigenvalue weighted by Crippen LogP contribution is 2.26. The minimum Gasteiger partial charge on any atom is -0.340 e. The van der Waals surface area contributed by atoms with E-state index in [2.05, 4.69) is 26.1 Å². The van der Waals surface area contributed by atoms with Crippen molar-refractivity contribution in [3.05, 3.63) is 32.5 Å². The van der Waals surface area contributed by atoms with Gasteiger partial charge in [0.05, 0.1) is 0 Å². The quantitative estimate of drug-likeness (QED) is 0.912. The smallest absolute Gasteiger partial charge is 0.223 e. The van der Waals surface area contributed by atoms with Gasteiger partial charge in [-0.05, 0) is 22.0 Å². The number of nitrogens with zero attached hydrogens (tertiary/aromatic N) is 2. The van der Waals surface area contributed by atoms with E-state index in [0.29, 0.717) is 11.7 Å². The zero-order chi connectivity index (χ0) is 10.1. The van der Waals surface area contributed by atoms with Gasteiger partial charge in [-0.2, -0.15) is 4.98 Å². The van der Waals surface area contributed by atoms with Crippen LogP contribution in [0.3, 0.4) is 0 Å². The number of nitrogens with two attached hydrogens (primary N) is 1. The van der Waals surface area contributed by atoms with Crippen LogP contribution in [0.2, 0.25) is 0 Å². The van der Waals surface area contributed by atoms with Crippen molar-refractivity contribution >= 4 is 27.3 Å². The second kappa shape index (κ2) is 3.80. The molecule has 0 aliphatic carbocycles. The molecular weight excluding hydrogens is 266 g/mol. The molecule has 74 valence electrons. The third-order valence-electron chi connectivity index (χ3n) is 1.72. The van der Waals surface area contributed by atoms with Crippen LogP contribution in [0.1, 0.15) is 22.6 Å². The molecule has 2 rings (SSSR count). The van der Waals surface area contributed by atoms with Gasteiger partial charge in [-0.25, -0.2) is 0 Å². The molecule has 0 amide bonds. The van der Waals surface area contributed by atoms with Crippen molar-refractivity contribution in [1.29, 1.82) is 0 Å². The van der Waals surface area contributed by atoms with Crippen molar-refractivity contribution in [3.63, 3.8) is 0 Å². The number of hydrogen-bond donors (Lipinski definition) is 1. The molecule has 6 heteroatoms. The SMILES string of the molecule is Cc1nc(C(N)c2cc(Br)cs2)no1. The van der Waals surface area contributed by atoms with E-state index in [9.17, 15) is 0 Å². The monoisotopic (exact) mass is 273 g/mol. The normalized spacial score (nSPS) is 13.1. The maximum atomic E-state index is 5.95. The fourth-order valence-electron chi connectivity index (χ4n) is 1.06. The minimum atomic E-state index is -0.302. The van der Waals surface area contributed by atoms with Gasteiger partial charge in [0.25, 0.3) is 0 Å². The molecule has 2 aromatic rings. The van der Waals surface area contributed by atoms with Crippen LogP contribution >= 0.6 is 27.3 Å². The molecule has 0 aliphatic heterocycles. The van der Waals surface area contributed by atoms with Gasteiger partial charge in [-0.1, -0.05) is 5.16 Å². The Balaban J connectivity index is 2.28. The molecule has 0 aliphatic rings. The lowest BCUT2D eigenvalue weighted by Crippen LogP contribution is -2.11. The summed E-state index contributed by atoms with van der Waals surface area (Å²) in [6, 6.07) is 1.66. The molecule has 2 N–H and O–H groups in total. The Bertz CT molecular complexity index is 399. The van der Waals surface area contributed by atoms with Gasteiger partial charge in [0.2, 0.25) is 5.89 Å². The highest BCUT2D eigenvalue weighted by Gasteiger charge is 2.16. The predicted octanol–water partition coefficient (Wildman–Crippen LogP) is 2.25. The van der Waals surface area contributed by atoms with Crippen LogP contribution in [0.15, 0.2) is 20.4 Å². The molecular formula is C8H8BrN3OS. The van der Waals surface area contributed by atoms with Crippen molar-refractivity contribution in [1.82, 2.24) is 10.1 Å². The predicted molar refractivity (Wildman–Crippen MR) is 57.1 cm³/mol. The molecule has 1 atom stereocenters. The Morgan fingerprint density at radius 3 is 2.93 bits per heavy atom. The van der Waals surface area contributed by atoms with Crippen molar-refractivity contribution in [2.45, 2.75) is 13.0 Å². The molecule has 0 fully saturated rings. The van der Waals surface area contributed by atoms with E-state index in [4.69, 9.17) is 10.3 Å². The van der Waals surface area contributed by atoms with E-state index in [1.54, 1.807) is 18.3 Å². The van der Waals surface area contributed by atoms with E-state index in [0.717, 1.165) is 9.35 Å². The van der Waals surface area contributed by atoms with Crippen LogP contribution in [-0.4, -0.2) is 10.1 Å². The van der Waals surface area contributed by atoms with Gasteiger partial charge in [0.1, 0.15) is 6.04 Å². The molecule has 2 heterocycles. The first-order chi connectivity index (χ1) is 6.66. The van der Waals surface area contributed by atoms with Gasteiger partial charge < -0.3 is 10.3 Å². The Morgan fingerprint density at radius 2 is 2.43 bits per heavy atom. The van der Waals surface area contributed by atoms with Gasteiger partial charge in [-0.3, -0.25) is 0 Å². The van der Waals surface area contributed by atoms with Crippen LogP contribution in [0, 0.1) is 6.92 Å². The summed E-state index contributed by atoms with van der Waals surface area (Å²) < 4.78 is 5.89. The summed E-state index contributed by atoms with van der Waals surface area (Å²) in [5.74, 6) is 1.06. The first-order valence-corrected chi connectivity index (χ1v) is 5.64. The lowest BCUT2D eigenvalue weighted by Gasteiger charge is -2.01. The number of hydrogen-bond acceptors (Lipinski definition) is 5. The van der Waals surface area contributed by atoms with Crippen molar-refractivity contribution < 1.29 is 4.52 Å². The summed E-state index contributed by atoms with van der Waals surface area (Å²) in [5.41, 5.74) is 5.95. The number of halogens is 1. The molecule has 0 radical (unpaired) electrons. The highest BCUT2D eigenvalue weighted by atomic mass is 79.9. The number of rotatable bonds is 2. The van der Waals surface area contributed by atoms with Gasteiger partial charge in [0, 0.05) is 21.7 Å². The van der Waals surface area contributed by atoms with Crippen molar-refractivity contribution in [2.75, 3.05) is 0 Å². The zero-order valence-electron chi connectivity index (χ0n) is 7.40. The molecule has 0 spiro atoms. The summed E-state index contributed by atoms with van der Waals surface area (Å²) >= 11 is 4.94. The van der Waals surface area contributed by atoms with Gasteiger partial charge in [0.15, 0.2) is 5.82 Å².